The van der Waals surface area contributed by atoms with Crippen molar-refractivity contribution in [3.63, 3.8) is 0 Å². The number of allylic oxidation sites excluding steroid dienone is 2. The Morgan fingerprint density at radius 2 is 1.96 bits per heavy atom. The molecule has 0 radical (unpaired) electrons. The first-order chi connectivity index (χ1) is 11.2. The standard InChI is InChI=1S/C19H30N2O3/c1-14(22)21-10-8-16(9-11-21)17-7-5-6-15(12-17)13-20-18(23)24-19(2,3)4/h6,12,16H,5,7-11,13H2,1-4H3,(H,20,23). The zero-order chi connectivity index (χ0) is 17.7. The summed E-state index contributed by atoms with van der Waals surface area (Å²) in [6, 6.07) is 0. The Labute approximate surface area is 145 Å². The molecule has 1 aliphatic carbocycles. The summed E-state index contributed by atoms with van der Waals surface area (Å²) in [4.78, 5) is 25.1. The number of amides is 2. The fraction of sp³-hybridized carbons (Fsp3) is 0.684. The Hall–Kier alpha value is -1.78. The number of rotatable bonds is 3. The molecule has 2 amide bonds. The van der Waals surface area contributed by atoms with Crippen LogP contribution in [0.4, 0.5) is 4.79 Å². The lowest BCUT2D eigenvalue weighted by atomic mass is 9.83. The largest absolute Gasteiger partial charge is 0.444 e. The first kappa shape index (κ1) is 18.6. The Balaban J connectivity index is 1.85. The number of hydrogen-bond donors (Lipinski definition) is 1. The predicted octanol–water partition coefficient (Wildman–Crippen LogP) is 3.42. The maximum absolute atomic E-state index is 11.8. The minimum atomic E-state index is -0.475. The van der Waals surface area contributed by atoms with Crippen molar-refractivity contribution in [1.29, 1.82) is 0 Å². The van der Waals surface area contributed by atoms with E-state index in [-0.39, 0.29) is 12.0 Å². The Bertz CT molecular complexity index is 535. The van der Waals surface area contributed by atoms with E-state index in [2.05, 4.69) is 17.5 Å². The van der Waals surface area contributed by atoms with Crippen LogP contribution in [-0.4, -0.2) is 42.1 Å². The zero-order valence-electron chi connectivity index (χ0n) is 15.4. The van der Waals surface area contributed by atoms with Gasteiger partial charge in [-0.15, -0.1) is 0 Å². The van der Waals surface area contributed by atoms with Gasteiger partial charge in [0.05, 0.1) is 0 Å². The molecule has 2 aliphatic rings. The van der Waals surface area contributed by atoms with Crippen LogP contribution in [0.3, 0.4) is 0 Å². The van der Waals surface area contributed by atoms with E-state index in [1.165, 1.54) is 5.57 Å². The second kappa shape index (κ2) is 7.86. The van der Waals surface area contributed by atoms with Gasteiger partial charge in [-0.2, -0.15) is 0 Å². The van der Waals surface area contributed by atoms with E-state index in [0.717, 1.165) is 44.3 Å². The number of nitrogens with one attached hydrogen (secondary N) is 1. The second-order valence-corrected chi connectivity index (χ2v) is 7.67. The van der Waals surface area contributed by atoms with Crippen molar-refractivity contribution in [1.82, 2.24) is 10.2 Å². The van der Waals surface area contributed by atoms with E-state index in [1.807, 2.05) is 25.7 Å². The molecule has 0 spiro atoms. The molecule has 1 heterocycles. The van der Waals surface area contributed by atoms with Gasteiger partial charge in [0.25, 0.3) is 0 Å². The van der Waals surface area contributed by atoms with Crippen molar-refractivity contribution < 1.29 is 14.3 Å². The average molecular weight is 334 g/mol. The first-order valence-electron chi connectivity index (χ1n) is 8.86. The molecule has 0 aromatic carbocycles. The van der Waals surface area contributed by atoms with Crippen LogP contribution in [0.25, 0.3) is 0 Å². The van der Waals surface area contributed by atoms with E-state index in [4.69, 9.17) is 4.74 Å². The van der Waals surface area contributed by atoms with Gasteiger partial charge in [0.1, 0.15) is 5.60 Å². The number of alkyl carbamates (subject to hydrolysis) is 1. The summed E-state index contributed by atoms with van der Waals surface area (Å²) in [7, 11) is 0. The molecular weight excluding hydrogens is 304 g/mol. The normalized spacial score (nSPS) is 19.4. The van der Waals surface area contributed by atoms with Crippen LogP contribution in [0.2, 0.25) is 0 Å². The average Bonchev–Trinajstić information content (AvgIpc) is 2.52. The molecule has 0 unspecified atom stereocenters. The van der Waals surface area contributed by atoms with Crippen molar-refractivity contribution in [3.05, 3.63) is 23.3 Å². The topological polar surface area (TPSA) is 58.6 Å². The van der Waals surface area contributed by atoms with Crippen molar-refractivity contribution in [2.45, 2.75) is 59.0 Å². The van der Waals surface area contributed by atoms with Gasteiger partial charge in [-0.05, 0) is 57.9 Å². The molecule has 1 fully saturated rings. The quantitative estimate of drug-likeness (QED) is 0.860. The minimum absolute atomic E-state index is 0.174. The summed E-state index contributed by atoms with van der Waals surface area (Å²) in [6.45, 7) is 9.43. The third-order valence-corrected chi connectivity index (χ3v) is 4.51. The fourth-order valence-corrected chi connectivity index (χ4v) is 3.29. The van der Waals surface area contributed by atoms with Gasteiger partial charge in [-0.25, -0.2) is 4.79 Å². The lowest BCUT2D eigenvalue weighted by Gasteiger charge is -2.33. The number of carbonyl (C=O) groups excluding carboxylic acids is 2. The highest BCUT2D eigenvalue weighted by Gasteiger charge is 2.24. The molecule has 0 aromatic rings. The summed E-state index contributed by atoms with van der Waals surface area (Å²) in [6.07, 6.45) is 8.22. The van der Waals surface area contributed by atoms with Crippen molar-refractivity contribution in [3.8, 4) is 0 Å². The number of piperidine rings is 1. The van der Waals surface area contributed by atoms with E-state index in [1.54, 1.807) is 6.92 Å². The number of hydrogen-bond acceptors (Lipinski definition) is 3. The zero-order valence-corrected chi connectivity index (χ0v) is 15.4. The second-order valence-electron chi connectivity index (χ2n) is 7.67. The minimum Gasteiger partial charge on any atom is -0.444 e. The van der Waals surface area contributed by atoms with Crippen LogP contribution in [-0.2, 0) is 9.53 Å². The predicted molar refractivity (Wildman–Crippen MR) is 94.6 cm³/mol. The SMILES string of the molecule is CC(=O)N1CCC(C2=CC(CNC(=O)OC(C)(C)C)=CCC2)CC1. The third-order valence-electron chi connectivity index (χ3n) is 4.51. The molecule has 1 aliphatic heterocycles. The summed E-state index contributed by atoms with van der Waals surface area (Å²) < 4.78 is 5.27. The lowest BCUT2D eigenvalue weighted by molar-refractivity contribution is -0.130. The highest BCUT2D eigenvalue weighted by atomic mass is 16.6. The van der Waals surface area contributed by atoms with Crippen LogP contribution in [0, 0.1) is 5.92 Å². The molecule has 0 atom stereocenters. The van der Waals surface area contributed by atoms with Gasteiger partial charge in [0.15, 0.2) is 0 Å². The van der Waals surface area contributed by atoms with E-state index in [9.17, 15) is 9.59 Å². The summed E-state index contributed by atoms with van der Waals surface area (Å²) in [5.74, 6) is 0.735. The number of likely N-dealkylation sites (tertiary alicyclic amines) is 1. The smallest absolute Gasteiger partial charge is 0.407 e. The third kappa shape index (κ3) is 5.69. The van der Waals surface area contributed by atoms with E-state index < -0.39 is 5.60 Å². The maximum atomic E-state index is 11.8. The van der Waals surface area contributed by atoms with Crippen molar-refractivity contribution >= 4 is 12.0 Å². The van der Waals surface area contributed by atoms with Crippen LogP contribution >= 0.6 is 0 Å². The number of nitrogens with zero attached hydrogens (tertiary/aromatic N) is 1. The van der Waals surface area contributed by atoms with Crippen LogP contribution in [0.5, 0.6) is 0 Å². The van der Waals surface area contributed by atoms with E-state index >= 15 is 0 Å². The number of carbonyl (C=O) groups is 2. The molecule has 24 heavy (non-hydrogen) atoms. The molecule has 5 heteroatoms. The van der Waals surface area contributed by atoms with Crippen molar-refractivity contribution in [2.75, 3.05) is 19.6 Å². The monoisotopic (exact) mass is 334 g/mol. The molecule has 1 saturated heterocycles. The Morgan fingerprint density at radius 1 is 1.29 bits per heavy atom. The van der Waals surface area contributed by atoms with Gasteiger partial charge in [-0.1, -0.05) is 17.7 Å². The summed E-state index contributed by atoms with van der Waals surface area (Å²) in [5, 5.41) is 2.83. The molecular formula is C19H30N2O3. The molecule has 0 bridgehead atoms. The van der Waals surface area contributed by atoms with Crippen LogP contribution < -0.4 is 5.32 Å². The highest BCUT2D eigenvalue weighted by Crippen LogP contribution is 2.31. The van der Waals surface area contributed by atoms with E-state index in [0.29, 0.717) is 12.5 Å². The fourth-order valence-electron chi connectivity index (χ4n) is 3.29. The van der Waals surface area contributed by atoms with Crippen LogP contribution in [0.15, 0.2) is 23.3 Å². The Kier molecular flexibility index (Phi) is 6.08. The van der Waals surface area contributed by atoms with Gasteiger partial charge < -0.3 is 15.0 Å². The van der Waals surface area contributed by atoms with Crippen LogP contribution in [0.1, 0.15) is 53.4 Å². The first-order valence-corrected chi connectivity index (χ1v) is 8.86. The molecule has 0 saturated carbocycles. The van der Waals surface area contributed by atoms with Gasteiger partial charge in [-0.3, -0.25) is 4.79 Å². The summed E-state index contributed by atoms with van der Waals surface area (Å²) in [5.41, 5.74) is 2.13. The molecule has 0 aromatic heterocycles. The summed E-state index contributed by atoms with van der Waals surface area (Å²) >= 11 is 0. The molecule has 134 valence electrons. The van der Waals surface area contributed by atoms with Crippen molar-refractivity contribution in [2.24, 2.45) is 5.92 Å². The molecule has 5 nitrogen and oxygen atoms in total. The maximum Gasteiger partial charge on any atom is 0.407 e. The number of ether oxygens (including phenoxy) is 1. The molecule has 1 N–H and O–H groups in total. The Morgan fingerprint density at radius 3 is 2.54 bits per heavy atom. The molecule has 2 rings (SSSR count). The highest BCUT2D eigenvalue weighted by molar-refractivity contribution is 5.73. The van der Waals surface area contributed by atoms with Gasteiger partial charge in [0.2, 0.25) is 5.91 Å². The lowest BCUT2D eigenvalue weighted by Crippen LogP contribution is -2.37. The van der Waals surface area contributed by atoms with Gasteiger partial charge >= 0.3 is 6.09 Å². The van der Waals surface area contributed by atoms with Gasteiger partial charge in [0, 0.05) is 26.6 Å².